The van der Waals surface area contributed by atoms with Gasteiger partial charge >= 0.3 is 6.18 Å². The van der Waals surface area contributed by atoms with Crippen LogP contribution in [0.1, 0.15) is 30.0 Å². The summed E-state index contributed by atoms with van der Waals surface area (Å²) in [5, 5.41) is 0. The number of aryl methyl sites for hydroxylation is 1. The molecule has 2 N–H and O–H groups in total. The minimum atomic E-state index is -4.22. The first-order valence-corrected chi connectivity index (χ1v) is 5.45. The summed E-state index contributed by atoms with van der Waals surface area (Å²) < 4.78 is 36.8. The molecule has 86 valence electrons. The quantitative estimate of drug-likeness (QED) is 0.856. The Labute approximate surface area is 91.1 Å². The zero-order valence-corrected chi connectivity index (χ0v) is 9.50. The van der Waals surface area contributed by atoms with Crippen LogP contribution in [-0.2, 0) is 12.6 Å². The van der Waals surface area contributed by atoms with Crippen LogP contribution in [0.2, 0.25) is 0 Å². The first-order chi connectivity index (χ1) is 6.68. The predicted molar refractivity (Wildman–Crippen MR) is 55.9 cm³/mol. The second-order valence-corrected chi connectivity index (χ2v) is 5.42. The smallest absolute Gasteiger partial charge is 0.326 e. The summed E-state index contributed by atoms with van der Waals surface area (Å²) in [6.07, 6.45) is -2.93. The molecule has 0 spiro atoms. The van der Waals surface area contributed by atoms with E-state index >= 15 is 0 Å². The lowest BCUT2D eigenvalue weighted by atomic mass is 10.00. The molecule has 15 heavy (non-hydrogen) atoms. The molecule has 1 nitrogen and oxygen atoms in total. The van der Waals surface area contributed by atoms with Crippen molar-refractivity contribution in [3.8, 4) is 0 Å². The highest BCUT2D eigenvalue weighted by atomic mass is 32.1. The minimum Gasteiger partial charge on any atom is -0.326 e. The van der Waals surface area contributed by atoms with E-state index in [-0.39, 0.29) is 5.54 Å². The van der Waals surface area contributed by atoms with E-state index in [1.165, 1.54) is 6.07 Å². The van der Waals surface area contributed by atoms with Crippen molar-refractivity contribution in [2.45, 2.75) is 38.4 Å². The molecule has 0 aliphatic rings. The minimum absolute atomic E-state index is 0.331. The Morgan fingerprint density at radius 1 is 1.27 bits per heavy atom. The molecule has 0 aliphatic heterocycles. The average Bonchev–Trinajstić information content (AvgIpc) is 2.45. The fraction of sp³-hybridized carbons (Fsp3) is 0.600. The molecule has 1 aromatic rings. The van der Waals surface area contributed by atoms with E-state index < -0.39 is 11.1 Å². The van der Waals surface area contributed by atoms with Gasteiger partial charge in [-0.3, -0.25) is 0 Å². The molecule has 0 bridgehead atoms. The molecular formula is C10H14F3NS. The Morgan fingerprint density at radius 3 is 2.27 bits per heavy atom. The van der Waals surface area contributed by atoms with Gasteiger partial charge in [-0.2, -0.15) is 13.2 Å². The molecule has 0 atom stereocenters. The van der Waals surface area contributed by atoms with Crippen LogP contribution >= 0.6 is 11.3 Å². The zero-order valence-electron chi connectivity index (χ0n) is 8.69. The van der Waals surface area contributed by atoms with Crippen molar-refractivity contribution in [3.05, 3.63) is 21.9 Å². The number of halogens is 3. The summed E-state index contributed by atoms with van der Waals surface area (Å²) in [6.45, 7) is 3.73. The van der Waals surface area contributed by atoms with Crippen molar-refractivity contribution in [2.24, 2.45) is 5.73 Å². The number of rotatable bonds is 3. The average molecular weight is 237 g/mol. The van der Waals surface area contributed by atoms with Crippen LogP contribution in [0.3, 0.4) is 0 Å². The van der Waals surface area contributed by atoms with E-state index in [2.05, 4.69) is 0 Å². The van der Waals surface area contributed by atoms with E-state index in [0.717, 1.165) is 22.3 Å². The third-order valence-corrected chi connectivity index (χ3v) is 3.15. The molecule has 1 rings (SSSR count). The maximum absolute atomic E-state index is 12.3. The lowest BCUT2D eigenvalue weighted by Gasteiger charge is -2.17. The van der Waals surface area contributed by atoms with Gasteiger partial charge in [0.1, 0.15) is 4.88 Å². The zero-order chi connectivity index (χ0) is 11.7. The van der Waals surface area contributed by atoms with Crippen LogP contribution < -0.4 is 5.73 Å². The number of alkyl halides is 3. The topological polar surface area (TPSA) is 26.0 Å². The molecular weight excluding hydrogens is 223 g/mol. The summed E-state index contributed by atoms with van der Waals surface area (Å²) in [5.74, 6) is 0. The predicted octanol–water partition coefficient (Wildman–Crippen LogP) is 3.44. The molecule has 0 unspecified atom stereocenters. The monoisotopic (exact) mass is 237 g/mol. The second kappa shape index (κ2) is 4.14. The summed E-state index contributed by atoms with van der Waals surface area (Å²) in [6, 6.07) is 2.66. The van der Waals surface area contributed by atoms with Crippen LogP contribution in [0.5, 0.6) is 0 Å². The largest absolute Gasteiger partial charge is 0.425 e. The van der Waals surface area contributed by atoms with Gasteiger partial charge in [0.05, 0.1) is 0 Å². The third-order valence-electron chi connectivity index (χ3n) is 1.96. The Morgan fingerprint density at radius 2 is 1.87 bits per heavy atom. The van der Waals surface area contributed by atoms with Gasteiger partial charge in [-0.1, -0.05) is 0 Å². The Kier molecular flexibility index (Phi) is 3.45. The Hall–Kier alpha value is -0.550. The molecule has 0 aromatic carbocycles. The SMILES string of the molecule is CC(C)(N)CCc1ccc(C(F)(F)F)s1. The normalized spacial score (nSPS) is 13.2. The molecule has 1 heterocycles. The lowest BCUT2D eigenvalue weighted by molar-refractivity contribution is -0.134. The summed E-state index contributed by atoms with van der Waals surface area (Å²) in [4.78, 5) is 0.202. The first kappa shape index (κ1) is 12.5. The van der Waals surface area contributed by atoms with Gasteiger partial charge in [-0.05, 0) is 38.8 Å². The van der Waals surface area contributed by atoms with Crippen LogP contribution in [0.4, 0.5) is 13.2 Å². The van der Waals surface area contributed by atoms with E-state index in [9.17, 15) is 13.2 Å². The van der Waals surface area contributed by atoms with Gasteiger partial charge in [0.15, 0.2) is 0 Å². The van der Waals surface area contributed by atoms with Crippen molar-refractivity contribution in [1.29, 1.82) is 0 Å². The highest BCUT2D eigenvalue weighted by molar-refractivity contribution is 7.12. The molecule has 0 fully saturated rings. The van der Waals surface area contributed by atoms with Crippen molar-refractivity contribution in [1.82, 2.24) is 0 Å². The molecule has 0 radical (unpaired) electrons. The maximum Gasteiger partial charge on any atom is 0.425 e. The van der Waals surface area contributed by atoms with E-state index in [0.29, 0.717) is 12.8 Å². The van der Waals surface area contributed by atoms with Crippen LogP contribution in [-0.4, -0.2) is 5.54 Å². The Balaban J connectivity index is 2.62. The number of hydrogen-bond acceptors (Lipinski definition) is 2. The van der Waals surface area contributed by atoms with Crippen LogP contribution in [0, 0.1) is 0 Å². The van der Waals surface area contributed by atoms with E-state index in [4.69, 9.17) is 5.73 Å². The van der Waals surface area contributed by atoms with Crippen molar-refractivity contribution in [3.63, 3.8) is 0 Å². The van der Waals surface area contributed by atoms with Gasteiger partial charge in [-0.15, -0.1) is 11.3 Å². The van der Waals surface area contributed by atoms with Crippen molar-refractivity contribution < 1.29 is 13.2 Å². The summed E-state index contributed by atoms with van der Waals surface area (Å²) in [5.41, 5.74) is 5.43. The summed E-state index contributed by atoms with van der Waals surface area (Å²) >= 11 is 0.800. The van der Waals surface area contributed by atoms with Crippen LogP contribution in [0.15, 0.2) is 12.1 Å². The maximum atomic E-state index is 12.3. The standard InChI is InChI=1S/C10H14F3NS/c1-9(2,14)6-5-7-3-4-8(15-7)10(11,12)13/h3-4H,5-6,14H2,1-2H3. The highest BCUT2D eigenvalue weighted by Crippen LogP contribution is 2.35. The van der Waals surface area contributed by atoms with E-state index in [1.807, 2.05) is 13.8 Å². The van der Waals surface area contributed by atoms with Crippen molar-refractivity contribution in [2.75, 3.05) is 0 Å². The molecule has 1 aromatic heterocycles. The van der Waals surface area contributed by atoms with Gasteiger partial charge < -0.3 is 5.73 Å². The van der Waals surface area contributed by atoms with Gasteiger partial charge in [0, 0.05) is 10.4 Å². The lowest BCUT2D eigenvalue weighted by Crippen LogP contribution is -2.32. The fourth-order valence-electron chi connectivity index (χ4n) is 1.11. The third kappa shape index (κ3) is 4.22. The van der Waals surface area contributed by atoms with E-state index in [1.54, 1.807) is 0 Å². The van der Waals surface area contributed by atoms with Gasteiger partial charge in [-0.25, -0.2) is 0 Å². The fourth-order valence-corrected chi connectivity index (χ4v) is 1.98. The van der Waals surface area contributed by atoms with Crippen molar-refractivity contribution >= 4 is 11.3 Å². The molecule has 5 heteroatoms. The number of nitrogens with two attached hydrogens (primary N) is 1. The van der Waals surface area contributed by atoms with Gasteiger partial charge in [0.25, 0.3) is 0 Å². The van der Waals surface area contributed by atoms with Crippen LogP contribution in [0.25, 0.3) is 0 Å². The molecule has 0 amide bonds. The second-order valence-electron chi connectivity index (χ2n) is 4.25. The van der Waals surface area contributed by atoms with Gasteiger partial charge in [0.2, 0.25) is 0 Å². The highest BCUT2D eigenvalue weighted by Gasteiger charge is 2.32. The Bertz CT molecular complexity index is 322. The first-order valence-electron chi connectivity index (χ1n) is 4.63. The molecule has 0 saturated heterocycles. The number of thiophene rings is 1. The molecule has 0 aliphatic carbocycles. The summed E-state index contributed by atoms with van der Waals surface area (Å²) in [7, 11) is 0. The number of hydrogen-bond donors (Lipinski definition) is 1. The molecule has 0 saturated carbocycles.